The van der Waals surface area contributed by atoms with Gasteiger partial charge in [0.05, 0.1) is 16.0 Å². The van der Waals surface area contributed by atoms with Crippen molar-refractivity contribution < 1.29 is 0 Å². The summed E-state index contributed by atoms with van der Waals surface area (Å²) in [4.78, 5) is 15.3. The van der Waals surface area contributed by atoms with E-state index in [1.54, 1.807) is 29.9 Å². The van der Waals surface area contributed by atoms with Gasteiger partial charge in [-0.3, -0.25) is 9.38 Å². The molecule has 1 N–H and O–H groups in total. The van der Waals surface area contributed by atoms with E-state index in [0.29, 0.717) is 0 Å². The summed E-state index contributed by atoms with van der Waals surface area (Å²) < 4.78 is 2.03. The van der Waals surface area contributed by atoms with Crippen LogP contribution in [0.15, 0.2) is 55.1 Å². The molecule has 4 rings (SSSR count). The van der Waals surface area contributed by atoms with Crippen LogP contribution in [-0.4, -0.2) is 24.9 Å². The summed E-state index contributed by atoms with van der Waals surface area (Å²) in [6, 6.07) is 9.82. The number of hydrogen-bond donors (Lipinski definition) is 1. The van der Waals surface area contributed by atoms with Crippen LogP contribution in [0.3, 0.4) is 0 Å². The number of hydrogen-bond acceptors (Lipinski definition) is 5. The van der Waals surface area contributed by atoms with Crippen molar-refractivity contribution in [3.63, 3.8) is 0 Å². The van der Waals surface area contributed by atoms with E-state index in [2.05, 4.69) is 54.0 Å². The van der Waals surface area contributed by atoms with Crippen LogP contribution in [0.5, 0.6) is 0 Å². The van der Waals surface area contributed by atoms with Gasteiger partial charge in [0.25, 0.3) is 0 Å². The third-order valence-corrected chi connectivity index (χ3v) is 4.75. The second-order valence-corrected chi connectivity index (χ2v) is 8.20. The van der Waals surface area contributed by atoms with Gasteiger partial charge in [0.1, 0.15) is 17.2 Å². The highest BCUT2D eigenvalue weighted by Crippen LogP contribution is 2.34. The first-order valence-corrected chi connectivity index (χ1v) is 9.45. The van der Waals surface area contributed by atoms with Crippen molar-refractivity contribution in [1.29, 1.82) is 0 Å². The van der Waals surface area contributed by atoms with Gasteiger partial charge in [-0.1, -0.05) is 6.07 Å². The minimum absolute atomic E-state index is 0. The molecule has 4 heterocycles. The first kappa shape index (κ1) is 19.9. The lowest BCUT2D eigenvalue weighted by Gasteiger charge is -2.22. The Morgan fingerprint density at radius 3 is 2.68 bits per heavy atom. The lowest BCUT2D eigenvalue weighted by atomic mass is 10.1. The van der Waals surface area contributed by atoms with Gasteiger partial charge in [-0.2, -0.15) is 0 Å². The fourth-order valence-corrected chi connectivity index (χ4v) is 3.50. The summed E-state index contributed by atoms with van der Waals surface area (Å²) in [5.41, 5.74) is 2.40. The number of thiophene rings is 1. The standard InChI is InChI=1S/C21H19N5S.ClH/c1-21(2,3)25-20-19(24-18-14-22-12-13-26(18)20)17-10-9-16(27-17)8-7-15-6-4-5-11-23-15;/h4-6,9-14,25H,1-3H3;1H. The molecule has 0 amide bonds. The van der Waals surface area contributed by atoms with Crippen LogP contribution in [0, 0.1) is 11.8 Å². The largest absolute Gasteiger partial charge is 0.365 e. The molecular weight excluding hydrogens is 390 g/mol. The predicted octanol–water partition coefficient (Wildman–Crippen LogP) is 4.88. The Kier molecular flexibility index (Phi) is 5.68. The van der Waals surface area contributed by atoms with E-state index in [1.807, 2.05) is 34.9 Å². The maximum absolute atomic E-state index is 4.79. The minimum atomic E-state index is -0.0904. The van der Waals surface area contributed by atoms with E-state index in [1.165, 1.54) is 0 Å². The lowest BCUT2D eigenvalue weighted by molar-refractivity contribution is 0.629. The molecule has 5 nitrogen and oxygen atoms in total. The molecule has 7 heteroatoms. The first-order chi connectivity index (χ1) is 13.0. The van der Waals surface area contributed by atoms with Gasteiger partial charge in [-0.15, -0.1) is 23.7 Å². The molecule has 0 spiro atoms. The molecule has 0 atom stereocenters. The number of fused-ring (bicyclic) bond motifs is 1. The van der Waals surface area contributed by atoms with E-state index in [-0.39, 0.29) is 17.9 Å². The maximum atomic E-state index is 4.79. The molecule has 0 unspecified atom stereocenters. The summed E-state index contributed by atoms with van der Waals surface area (Å²) in [6.45, 7) is 6.40. The van der Waals surface area contributed by atoms with Gasteiger partial charge in [-0.25, -0.2) is 9.97 Å². The second-order valence-electron chi connectivity index (χ2n) is 7.12. The second kappa shape index (κ2) is 8.01. The molecule has 0 saturated heterocycles. The smallest absolute Gasteiger partial charge is 0.157 e. The highest BCUT2D eigenvalue weighted by molar-refractivity contribution is 7.16. The molecule has 142 valence electrons. The number of imidazole rings is 1. The average Bonchev–Trinajstić information content (AvgIpc) is 3.25. The zero-order valence-corrected chi connectivity index (χ0v) is 17.4. The van der Waals surface area contributed by atoms with Crippen LogP contribution in [-0.2, 0) is 0 Å². The third kappa shape index (κ3) is 4.33. The number of rotatable bonds is 2. The molecule has 0 aliphatic heterocycles. The molecule has 4 aromatic heterocycles. The number of pyridine rings is 1. The van der Waals surface area contributed by atoms with Crippen LogP contribution < -0.4 is 5.32 Å². The van der Waals surface area contributed by atoms with Gasteiger partial charge in [0.2, 0.25) is 0 Å². The van der Waals surface area contributed by atoms with Crippen LogP contribution >= 0.6 is 23.7 Å². The summed E-state index contributed by atoms with van der Waals surface area (Å²) in [5.74, 6) is 7.26. The Labute approximate surface area is 174 Å². The van der Waals surface area contributed by atoms with Gasteiger partial charge < -0.3 is 5.32 Å². The van der Waals surface area contributed by atoms with Gasteiger partial charge in [-0.05, 0) is 56.9 Å². The van der Waals surface area contributed by atoms with Crippen molar-refractivity contribution in [3.8, 4) is 22.4 Å². The molecule has 28 heavy (non-hydrogen) atoms. The molecule has 0 saturated carbocycles. The van der Waals surface area contributed by atoms with E-state index in [0.717, 1.165) is 32.6 Å². The zero-order valence-electron chi connectivity index (χ0n) is 15.8. The Bertz CT molecular complexity index is 1150. The molecule has 0 bridgehead atoms. The summed E-state index contributed by atoms with van der Waals surface area (Å²) in [5, 5.41) is 3.57. The van der Waals surface area contributed by atoms with E-state index >= 15 is 0 Å². The Hall–Kier alpha value is -2.88. The molecule has 0 fully saturated rings. The zero-order chi connectivity index (χ0) is 18.9. The van der Waals surface area contributed by atoms with Gasteiger partial charge in [0.15, 0.2) is 5.65 Å². The molecule has 0 radical (unpaired) electrons. The topological polar surface area (TPSA) is 55.1 Å². The Balaban J connectivity index is 0.00000225. The fourth-order valence-electron chi connectivity index (χ4n) is 2.65. The summed E-state index contributed by atoms with van der Waals surface area (Å²) in [6.07, 6.45) is 7.21. The van der Waals surface area contributed by atoms with Crippen molar-refractivity contribution in [2.45, 2.75) is 26.3 Å². The minimum Gasteiger partial charge on any atom is -0.365 e. The van der Waals surface area contributed by atoms with Crippen LogP contribution in [0.4, 0.5) is 5.82 Å². The molecule has 0 aliphatic rings. The number of anilines is 1. The van der Waals surface area contributed by atoms with Crippen molar-refractivity contribution in [1.82, 2.24) is 19.4 Å². The highest BCUT2D eigenvalue weighted by atomic mass is 35.5. The third-order valence-electron chi connectivity index (χ3n) is 3.74. The number of nitrogens with zero attached hydrogens (tertiary/aromatic N) is 4. The van der Waals surface area contributed by atoms with Crippen molar-refractivity contribution in [3.05, 3.63) is 65.7 Å². The molecular formula is C21H20ClN5S. The quantitative estimate of drug-likeness (QED) is 0.479. The molecule has 4 aromatic rings. The highest BCUT2D eigenvalue weighted by Gasteiger charge is 2.20. The monoisotopic (exact) mass is 409 g/mol. The molecule has 0 aromatic carbocycles. The van der Waals surface area contributed by atoms with Crippen molar-refractivity contribution in [2.75, 3.05) is 5.32 Å². The van der Waals surface area contributed by atoms with E-state index < -0.39 is 0 Å². The fraction of sp³-hybridized carbons (Fsp3) is 0.190. The first-order valence-electron chi connectivity index (χ1n) is 8.63. The van der Waals surface area contributed by atoms with E-state index in [4.69, 9.17) is 4.98 Å². The van der Waals surface area contributed by atoms with Crippen molar-refractivity contribution >= 4 is 35.2 Å². The predicted molar refractivity (Wildman–Crippen MR) is 117 cm³/mol. The maximum Gasteiger partial charge on any atom is 0.157 e. The summed E-state index contributed by atoms with van der Waals surface area (Å²) in [7, 11) is 0. The van der Waals surface area contributed by atoms with E-state index in [9.17, 15) is 0 Å². The normalized spacial score (nSPS) is 10.8. The summed E-state index contributed by atoms with van der Waals surface area (Å²) >= 11 is 1.62. The van der Waals surface area contributed by atoms with Crippen LogP contribution in [0.2, 0.25) is 0 Å². The number of aromatic nitrogens is 4. The SMILES string of the molecule is CC(C)(C)Nc1c(-c2ccc(C#Cc3ccccn3)s2)nc2cnccn12.Cl. The Morgan fingerprint density at radius 1 is 1.07 bits per heavy atom. The van der Waals surface area contributed by atoms with Crippen molar-refractivity contribution in [2.24, 2.45) is 0 Å². The number of halogens is 1. The van der Waals surface area contributed by atoms with Crippen LogP contribution in [0.25, 0.3) is 16.2 Å². The molecule has 0 aliphatic carbocycles. The lowest BCUT2D eigenvalue weighted by Crippen LogP contribution is -2.27. The number of nitrogens with one attached hydrogen (secondary N) is 1. The van der Waals surface area contributed by atoms with Crippen LogP contribution in [0.1, 0.15) is 31.3 Å². The van der Waals surface area contributed by atoms with Gasteiger partial charge in [0, 0.05) is 24.1 Å². The average molecular weight is 410 g/mol. The van der Waals surface area contributed by atoms with Gasteiger partial charge >= 0.3 is 0 Å². The Morgan fingerprint density at radius 2 is 1.93 bits per heavy atom.